The molecular formula is C19H14ClNO5S. The quantitative estimate of drug-likeness (QED) is 0.426. The van der Waals surface area contributed by atoms with Crippen molar-refractivity contribution >= 4 is 27.1 Å². The molecule has 0 saturated heterocycles. The van der Waals surface area contributed by atoms with Crippen molar-refractivity contribution in [3.05, 3.63) is 93.5 Å². The minimum Gasteiger partial charge on any atom is -0.457 e. The maximum atomic E-state index is 12.8. The summed E-state index contributed by atoms with van der Waals surface area (Å²) in [6.07, 6.45) is 0. The molecule has 0 amide bonds. The van der Waals surface area contributed by atoms with Crippen LogP contribution in [0.15, 0.2) is 77.7 Å². The summed E-state index contributed by atoms with van der Waals surface area (Å²) < 4.78 is 31.4. The molecule has 0 unspecified atom stereocenters. The molecular weight excluding hydrogens is 390 g/mol. The first-order valence-electron chi connectivity index (χ1n) is 7.84. The fraction of sp³-hybridized carbons (Fsp3) is 0.0526. The van der Waals surface area contributed by atoms with E-state index in [0.29, 0.717) is 22.1 Å². The molecule has 8 heteroatoms. The summed E-state index contributed by atoms with van der Waals surface area (Å²) >= 11 is 6.02. The Morgan fingerprint density at radius 3 is 2.33 bits per heavy atom. The third-order valence-corrected chi connectivity index (χ3v) is 5.68. The van der Waals surface area contributed by atoms with E-state index in [1.54, 1.807) is 36.4 Å². The fourth-order valence-electron chi connectivity index (χ4n) is 2.53. The van der Waals surface area contributed by atoms with Gasteiger partial charge in [-0.25, -0.2) is 8.42 Å². The maximum Gasteiger partial charge on any atom is 0.287 e. The Kier molecular flexibility index (Phi) is 5.43. The molecule has 3 aromatic carbocycles. The smallest absolute Gasteiger partial charge is 0.287 e. The minimum absolute atomic E-state index is 0.310. The lowest BCUT2D eigenvalue weighted by Crippen LogP contribution is -2.08. The Balaban J connectivity index is 2.00. The predicted molar refractivity (Wildman–Crippen MR) is 102 cm³/mol. The lowest BCUT2D eigenvalue weighted by molar-refractivity contribution is -0.387. The number of rotatable bonds is 6. The number of hydrogen-bond acceptors (Lipinski definition) is 5. The van der Waals surface area contributed by atoms with Gasteiger partial charge in [0.05, 0.1) is 10.7 Å². The van der Waals surface area contributed by atoms with E-state index in [4.69, 9.17) is 16.3 Å². The lowest BCUT2D eigenvalue weighted by Gasteiger charge is -2.12. The average molecular weight is 404 g/mol. The average Bonchev–Trinajstić information content (AvgIpc) is 2.64. The van der Waals surface area contributed by atoms with Crippen LogP contribution in [0.4, 0.5) is 5.69 Å². The summed E-state index contributed by atoms with van der Waals surface area (Å²) in [7, 11) is -4.00. The molecule has 27 heavy (non-hydrogen) atoms. The largest absolute Gasteiger partial charge is 0.457 e. The van der Waals surface area contributed by atoms with Crippen LogP contribution >= 0.6 is 11.6 Å². The number of ether oxygens (including phenoxy) is 1. The van der Waals surface area contributed by atoms with E-state index in [1.165, 1.54) is 24.3 Å². The monoisotopic (exact) mass is 403 g/mol. The van der Waals surface area contributed by atoms with E-state index in [9.17, 15) is 18.5 Å². The Labute approximate surface area is 161 Å². The van der Waals surface area contributed by atoms with Gasteiger partial charge in [0, 0.05) is 16.7 Å². The number of halogens is 1. The summed E-state index contributed by atoms with van der Waals surface area (Å²) in [5.41, 5.74) is -0.158. The molecule has 3 rings (SSSR count). The lowest BCUT2D eigenvalue weighted by atomic mass is 10.2. The molecule has 0 heterocycles. The summed E-state index contributed by atoms with van der Waals surface area (Å²) in [4.78, 5) is 10.1. The summed E-state index contributed by atoms with van der Waals surface area (Å²) in [5, 5.41) is 11.5. The number of nitrogens with zero attached hydrogens (tertiary/aromatic N) is 1. The van der Waals surface area contributed by atoms with Gasteiger partial charge >= 0.3 is 0 Å². The predicted octanol–water partition coefficient (Wildman–Crippen LogP) is 5.01. The van der Waals surface area contributed by atoms with Crippen LogP contribution in [0.1, 0.15) is 5.56 Å². The zero-order valence-corrected chi connectivity index (χ0v) is 15.5. The molecule has 0 atom stereocenters. The number of nitro benzene ring substituents is 1. The first-order valence-corrected chi connectivity index (χ1v) is 9.87. The van der Waals surface area contributed by atoms with Gasteiger partial charge in [0.15, 0.2) is 9.84 Å². The van der Waals surface area contributed by atoms with Crippen molar-refractivity contribution in [2.45, 2.75) is 10.6 Å². The SMILES string of the molecule is O=[N+]([O-])c1ccccc1S(=O)(=O)Cc1cc(Cl)ccc1Oc1ccccc1. The second-order valence-electron chi connectivity index (χ2n) is 5.65. The van der Waals surface area contributed by atoms with Crippen molar-refractivity contribution in [2.75, 3.05) is 0 Å². The van der Waals surface area contributed by atoms with Gasteiger partial charge in [0.2, 0.25) is 0 Å². The van der Waals surface area contributed by atoms with Crippen LogP contribution in [0, 0.1) is 10.1 Å². The number of nitro groups is 1. The number of benzene rings is 3. The second kappa shape index (κ2) is 7.77. The molecule has 0 fully saturated rings. The van der Waals surface area contributed by atoms with Gasteiger partial charge in [0.1, 0.15) is 16.4 Å². The minimum atomic E-state index is -4.00. The highest BCUT2D eigenvalue weighted by atomic mass is 35.5. The first kappa shape index (κ1) is 18.9. The standard InChI is InChI=1S/C19H14ClNO5S/c20-15-10-11-18(26-16-6-2-1-3-7-16)14(12-15)13-27(24,25)19-9-5-4-8-17(19)21(22)23/h1-12H,13H2. The molecule has 0 aromatic heterocycles. The van der Waals surface area contributed by atoms with Crippen LogP contribution < -0.4 is 4.74 Å². The van der Waals surface area contributed by atoms with E-state index in [1.807, 2.05) is 6.07 Å². The highest BCUT2D eigenvalue weighted by Gasteiger charge is 2.26. The summed E-state index contributed by atoms with van der Waals surface area (Å²) in [5.74, 6) is 0.359. The molecule has 0 aliphatic heterocycles. The van der Waals surface area contributed by atoms with E-state index in [0.717, 1.165) is 6.07 Å². The molecule has 3 aromatic rings. The molecule has 0 radical (unpaired) electrons. The van der Waals surface area contributed by atoms with Crippen molar-refractivity contribution in [3.63, 3.8) is 0 Å². The van der Waals surface area contributed by atoms with Gasteiger partial charge in [-0.15, -0.1) is 0 Å². The van der Waals surface area contributed by atoms with E-state index < -0.39 is 26.2 Å². The Bertz CT molecular complexity index is 1080. The zero-order chi connectivity index (χ0) is 19.4. The van der Waals surface area contributed by atoms with E-state index in [-0.39, 0.29) is 4.90 Å². The van der Waals surface area contributed by atoms with Crippen LogP contribution in [0.2, 0.25) is 5.02 Å². The fourth-order valence-corrected chi connectivity index (χ4v) is 4.26. The normalized spacial score (nSPS) is 11.1. The van der Waals surface area contributed by atoms with Crippen molar-refractivity contribution in [1.29, 1.82) is 0 Å². The van der Waals surface area contributed by atoms with Gasteiger partial charge in [0.25, 0.3) is 5.69 Å². The number of sulfone groups is 1. The summed E-state index contributed by atoms with van der Waals surface area (Å²) in [6, 6.07) is 18.7. The Morgan fingerprint density at radius 2 is 1.63 bits per heavy atom. The summed E-state index contributed by atoms with van der Waals surface area (Å²) in [6.45, 7) is 0. The van der Waals surface area contributed by atoms with Gasteiger partial charge in [-0.05, 0) is 36.4 Å². The molecule has 6 nitrogen and oxygen atoms in total. The van der Waals surface area contributed by atoms with Crippen LogP contribution in [-0.2, 0) is 15.6 Å². The Morgan fingerprint density at radius 1 is 0.963 bits per heavy atom. The third-order valence-electron chi connectivity index (χ3n) is 3.74. The van der Waals surface area contributed by atoms with Crippen molar-refractivity contribution in [3.8, 4) is 11.5 Å². The van der Waals surface area contributed by atoms with Crippen molar-refractivity contribution in [1.82, 2.24) is 0 Å². The van der Waals surface area contributed by atoms with Crippen LogP contribution in [0.3, 0.4) is 0 Å². The van der Waals surface area contributed by atoms with E-state index in [2.05, 4.69) is 0 Å². The molecule has 0 spiro atoms. The highest BCUT2D eigenvalue weighted by Crippen LogP contribution is 2.32. The van der Waals surface area contributed by atoms with Crippen LogP contribution in [-0.4, -0.2) is 13.3 Å². The van der Waals surface area contributed by atoms with Gasteiger partial charge in [-0.3, -0.25) is 10.1 Å². The zero-order valence-electron chi connectivity index (χ0n) is 13.9. The second-order valence-corrected chi connectivity index (χ2v) is 8.05. The van der Waals surface area contributed by atoms with Crippen LogP contribution in [0.25, 0.3) is 0 Å². The first-order chi connectivity index (χ1) is 12.9. The van der Waals surface area contributed by atoms with E-state index >= 15 is 0 Å². The topological polar surface area (TPSA) is 86.5 Å². The third kappa shape index (κ3) is 4.45. The highest BCUT2D eigenvalue weighted by molar-refractivity contribution is 7.90. The molecule has 138 valence electrons. The maximum absolute atomic E-state index is 12.8. The van der Waals surface area contributed by atoms with Crippen molar-refractivity contribution < 1.29 is 18.1 Å². The molecule has 0 saturated carbocycles. The molecule has 0 aliphatic carbocycles. The van der Waals surface area contributed by atoms with Crippen molar-refractivity contribution in [2.24, 2.45) is 0 Å². The number of para-hydroxylation sites is 2. The molecule has 0 bridgehead atoms. The molecule has 0 aliphatic rings. The molecule has 0 N–H and O–H groups in total. The van der Waals surface area contributed by atoms with Gasteiger partial charge in [-0.2, -0.15) is 0 Å². The Hall–Kier alpha value is -2.90. The van der Waals surface area contributed by atoms with Gasteiger partial charge in [-0.1, -0.05) is 41.9 Å². The van der Waals surface area contributed by atoms with Crippen LogP contribution in [0.5, 0.6) is 11.5 Å². The number of hydrogen-bond donors (Lipinski definition) is 0. The van der Waals surface area contributed by atoms with Gasteiger partial charge < -0.3 is 4.74 Å².